The van der Waals surface area contributed by atoms with E-state index in [1.165, 1.54) is 0 Å². The maximum absolute atomic E-state index is 9.53. The molecule has 6 nitrogen and oxygen atoms in total. The minimum atomic E-state index is -1.31. The van der Waals surface area contributed by atoms with E-state index in [0.717, 1.165) is 25.9 Å². The van der Waals surface area contributed by atoms with Crippen LogP contribution in [0.1, 0.15) is 12.8 Å². The quantitative estimate of drug-likeness (QED) is 0.505. The van der Waals surface area contributed by atoms with Crippen LogP contribution in [0.25, 0.3) is 0 Å². The Morgan fingerprint density at radius 1 is 1.24 bits per heavy atom. The molecule has 7 heteroatoms. The molecule has 2 aliphatic rings. The van der Waals surface area contributed by atoms with Gasteiger partial charge < -0.3 is 30.1 Å². The second kappa shape index (κ2) is 6.84. The number of hydrogen-bond acceptors (Lipinski definition) is 6. The van der Waals surface area contributed by atoms with Crippen LogP contribution in [0.2, 0.25) is 0 Å². The van der Waals surface area contributed by atoms with Crippen LogP contribution < -0.4 is 5.32 Å². The molecular weight excluding hydrogens is 250 g/mol. The molecule has 4 N–H and O–H groups in total. The largest absolute Gasteiger partial charge is 0.387 e. The summed E-state index contributed by atoms with van der Waals surface area (Å²) in [5.41, 5.74) is 0. The van der Waals surface area contributed by atoms with Crippen molar-refractivity contribution in [2.75, 3.05) is 19.7 Å². The van der Waals surface area contributed by atoms with Gasteiger partial charge in [-0.3, -0.25) is 0 Å². The third-order valence-electron chi connectivity index (χ3n) is 3.09. The number of aliphatic hydroxyl groups is 3. The van der Waals surface area contributed by atoms with E-state index in [0.29, 0.717) is 0 Å². The molecule has 0 radical (unpaired) electrons. The van der Waals surface area contributed by atoms with Crippen molar-refractivity contribution in [1.82, 2.24) is 5.32 Å². The number of rotatable bonds is 3. The molecule has 0 aromatic rings. The molecule has 0 amide bonds. The van der Waals surface area contributed by atoms with E-state index in [-0.39, 0.29) is 25.1 Å². The van der Waals surface area contributed by atoms with Crippen molar-refractivity contribution in [1.29, 1.82) is 0 Å². The zero-order valence-electron chi connectivity index (χ0n) is 9.49. The first-order valence-electron chi connectivity index (χ1n) is 5.70. The topological polar surface area (TPSA) is 91.2 Å². The first-order valence-corrected chi connectivity index (χ1v) is 5.70. The fourth-order valence-electron chi connectivity index (χ4n) is 2.06. The van der Waals surface area contributed by atoms with E-state index < -0.39 is 24.6 Å². The lowest BCUT2D eigenvalue weighted by Gasteiger charge is -2.25. The van der Waals surface area contributed by atoms with Crippen molar-refractivity contribution in [2.45, 2.75) is 43.5 Å². The van der Waals surface area contributed by atoms with Crippen LogP contribution in [0.3, 0.4) is 0 Å². The number of nitrogens with one attached hydrogen (secondary N) is 1. The van der Waals surface area contributed by atoms with E-state index in [9.17, 15) is 15.3 Å². The van der Waals surface area contributed by atoms with Crippen LogP contribution in [-0.4, -0.2) is 65.7 Å². The molecule has 2 saturated heterocycles. The number of ether oxygens (including phenoxy) is 2. The normalized spacial score (nSPS) is 42.2. The standard InChI is InChI=1S/C10H19NO5.ClH/c12-8-7(16-10(14)9(8)13)5-15-6-2-1-3-11-4-6;/h6-14H,1-5H2;1H. The highest BCUT2D eigenvalue weighted by molar-refractivity contribution is 5.85. The molecule has 0 aliphatic carbocycles. The smallest absolute Gasteiger partial charge is 0.184 e. The van der Waals surface area contributed by atoms with Crippen molar-refractivity contribution >= 4 is 12.4 Å². The molecule has 2 fully saturated rings. The highest BCUT2D eigenvalue weighted by atomic mass is 35.5. The van der Waals surface area contributed by atoms with Gasteiger partial charge in [0.2, 0.25) is 0 Å². The Morgan fingerprint density at radius 2 is 2.00 bits per heavy atom. The second-order valence-corrected chi connectivity index (χ2v) is 4.35. The molecule has 2 rings (SSSR count). The third-order valence-corrected chi connectivity index (χ3v) is 3.09. The molecule has 0 aromatic carbocycles. The molecule has 5 unspecified atom stereocenters. The molecule has 0 bridgehead atoms. The summed E-state index contributed by atoms with van der Waals surface area (Å²) in [5.74, 6) is 0. The molecule has 5 atom stereocenters. The summed E-state index contributed by atoms with van der Waals surface area (Å²) in [4.78, 5) is 0. The molecule has 2 heterocycles. The van der Waals surface area contributed by atoms with Crippen molar-refractivity contribution in [3.63, 3.8) is 0 Å². The van der Waals surface area contributed by atoms with E-state index in [4.69, 9.17) is 9.47 Å². The van der Waals surface area contributed by atoms with E-state index >= 15 is 0 Å². The lowest BCUT2D eigenvalue weighted by Crippen LogP contribution is -2.39. The minimum absolute atomic E-state index is 0. The van der Waals surface area contributed by atoms with E-state index in [2.05, 4.69) is 5.32 Å². The number of piperidine rings is 1. The van der Waals surface area contributed by atoms with Crippen LogP contribution >= 0.6 is 12.4 Å². The maximum Gasteiger partial charge on any atom is 0.184 e. The number of aliphatic hydroxyl groups excluding tert-OH is 3. The average molecular weight is 270 g/mol. The summed E-state index contributed by atoms with van der Waals surface area (Å²) >= 11 is 0. The minimum Gasteiger partial charge on any atom is -0.387 e. The van der Waals surface area contributed by atoms with E-state index in [1.807, 2.05) is 0 Å². The zero-order chi connectivity index (χ0) is 11.5. The van der Waals surface area contributed by atoms with Gasteiger partial charge in [0.25, 0.3) is 0 Å². The van der Waals surface area contributed by atoms with Gasteiger partial charge in [0.05, 0.1) is 12.7 Å². The van der Waals surface area contributed by atoms with Crippen molar-refractivity contribution in [3.8, 4) is 0 Å². The molecular formula is C10H20ClNO5. The number of hydrogen-bond donors (Lipinski definition) is 4. The molecule has 2 aliphatic heterocycles. The van der Waals surface area contributed by atoms with Gasteiger partial charge in [-0.05, 0) is 19.4 Å². The molecule has 0 spiro atoms. The van der Waals surface area contributed by atoms with Gasteiger partial charge in [-0.1, -0.05) is 0 Å². The first-order chi connectivity index (χ1) is 7.68. The van der Waals surface area contributed by atoms with Crippen LogP contribution in [-0.2, 0) is 9.47 Å². The summed E-state index contributed by atoms with van der Waals surface area (Å²) < 4.78 is 10.6. The Labute approximate surface area is 106 Å². The summed E-state index contributed by atoms with van der Waals surface area (Å²) in [5, 5.41) is 31.2. The van der Waals surface area contributed by atoms with Crippen LogP contribution in [0.4, 0.5) is 0 Å². The van der Waals surface area contributed by atoms with Crippen molar-refractivity contribution in [2.24, 2.45) is 0 Å². The number of halogens is 1. The predicted octanol–water partition coefficient (Wildman–Crippen LogP) is -1.38. The van der Waals surface area contributed by atoms with Gasteiger partial charge in [-0.2, -0.15) is 0 Å². The van der Waals surface area contributed by atoms with Gasteiger partial charge in [0.1, 0.15) is 18.3 Å². The lowest BCUT2D eigenvalue weighted by atomic mass is 10.1. The SMILES string of the molecule is Cl.OC1OC(COC2CCCNC2)C(O)C1O. The third kappa shape index (κ3) is 3.75. The van der Waals surface area contributed by atoms with E-state index in [1.54, 1.807) is 0 Å². The monoisotopic (exact) mass is 269 g/mol. The molecule has 0 saturated carbocycles. The summed E-state index contributed by atoms with van der Waals surface area (Å²) in [6.07, 6.45) is -2.09. The van der Waals surface area contributed by atoms with Crippen molar-refractivity contribution in [3.05, 3.63) is 0 Å². The predicted molar refractivity (Wildman–Crippen MR) is 62.0 cm³/mol. The van der Waals surface area contributed by atoms with Crippen molar-refractivity contribution < 1.29 is 24.8 Å². The Morgan fingerprint density at radius 3 is 2.53 bits per heavy atom. The summed E-state index contributed by atoms with van der Waals surface area (Å²) in [6, 6.07) is 0. The highest BCUT2D eigenvalue weighted by Crippen LogP contribution is 2.20. The summed E-state index contributed by atoms with van der Waals surface area (Å²) in [7, 11) is 0. The van der Waals surface area contributed by atoms with Crippen LogP contribution in [0.15, 0.2) is 0 Å². The second-order valence-electron chi connectivity index (χ2n) is 4.35. The molecule has 0 aromatic heterocycles. The Hall–Kier alpha value is 0.0500. The van der Waals surface area contributed by atoms with Gasteiger partial charge in [-0.25, -0.2) is 0 Å². The fourth-order valence-corrected chi connectivity index (χ4v) is 2.06. The lowest BCUT2D eigenvalue weighted by molar-refractivity contribution is -0.141. The molecule has 17 heavy (non-hydrogen) atoms. The molecule has 102 valence electrons. The Kier molecular flexibility index (Phi) is 6.08. The van der Waals surface area contributed by atoms with Gasteiger partial charge in [0.15, 0.2) is 6.29 Å². The fraction of sp³-hybridized carbons (Fsp3) is 1.00. The Balaban J connectivity index is 0.00000144. The van der Waals surface area contributed by atoms with Crippen LogP contribution in [0, 0.1) is 0 Å². The zero-order valence-corrected chi connectivity index (χ0v) is 10.3. The summed E-state index contributed by atoms with van der Waals surface area (Å²) in [6.45, 7) is 2.01. The van der Waals surface area contributed by atoms with Gasteiger partial charge in [-0.15, -0.1) is 12.4 Å². The first kappa shape index (κ1) is 15.1. The average Bonchev–Trinajstić information content (AvgIpc) is 2.56. The van der Waals surface area contributed by atoms with Crippen LogP contribution in [0.5, 0.6) is 0 Å². The van der Waals surface area contributed by atoms with Gasteiger partial charge >= 0.3 is 0 Å². The van der Waals surface area contributed by atoms with Gasteiger partial charge in [0, 0.05) is 6.54 Å². The Bertz CT molecular complexity index is 227. The highest BCUT2D eigenvalue weighted by Gasteiger charge is 2.42. The maximum atomic E-state index is 9.53.